The fourth-order valence-electron chi connectivity index (χ4n) is 0.384. The summed E-state index contributed by atoms with van der Waals surface area (Å²) in [6.07, 6.45) is 3.72. The molecule has 10 heavy (non-hydrogen) atoms. The van der Waals surface area contributed by atoms with E-state index in [-0.39, 0.29) is 0 Å². The highest BCUT2D eigenvalue weighted by Gasteiger charge is 1.93. The Hall–Kier alpha value is 0.0700. The van der Waals surface area contributed by atoms with Crippen LogP contribution in [0.25, 0.3) is 0 Å². The molecule has 54 valence electrons. The largest absolute Gasteiger partial charge is 0.237 e. The summed E-state index contributed by atoms with van der Waals surface area (Å²) in [6, 6.07) is 0. The normalized spacial score (nSPS) is 9.60. The van der Waals surface area contributed by atoms with Crippen molar-refractivity contribution in [2.24, 2.45) is 0 Å². The molecule has 0 aliphatic carbocycles. The van der Waals surface area contributed by atoms with Crippen LogP contribution in [0.2, 0.25) is 0 Å². The van der Waals surface area contributed by atoms with Crippen LogP contribution < -0.4 is 0 Å². The minimum atomic E-state index is 0.976. The first-order valence-electron chi connectivity index (χ1n) is 2.73. The third kappa shape index (κ3) is 2.77. The second-order valence-electron chi connectivity index (χ2n) is 1.45. The predicted octanol–water partition coefficient (Wildman–Crippen LogP) is 3.07. The molecule has 0 fully saturated rings. The maximum atomic E-state index is 4.11. The Labute approximate surface area is 72.3 Å². The molecule has 0 atom stereocenters. The fraction of sp³-hybridized carbons (Fsp3) is 0.167. The van der Waals surface area contributed by atoms with Gasteiger partial charge in [-0.25, -0.2) is 4.98 Å². The molecule has 0 saturated carbocycles. The lowest BCUT2D eigenvalue weighted by atomic mass is 10.8. The number of thiazole rings is 1. The van der Waals surface area contributed by atoms with Gasteiger partial charge in [0.1, 0.15) is 0 Å². The van der Waals surface area contributed by atoms with Crippen molar-refractivity contribution < 1.29 is 0 Å². The lowest BCUT2D eigenvalue weighted by Crippen LogP contribution is -1.63. The average molecular weight is 189 g/mol. The van der Waals surface area contributed by atoms with Crippen LogP contribution >= 0.6 is 32.9 Å². The molecule has 0 saturated heterocycles. The van der Waals surface area contributed by atoms with E-state index in [1.165, 1.54) is 0 Å². The molecule has 0 radical (unpaired) electrons. The van der Waals surface area contributed by atoms with Gasteiger partial charge in [-0.15, -0.1) is 17.9 Å². The minimum Gasteiger partial charge on any atom is -0.237 e. The quantitative estimate of drug-likeness (QED) is 0.410. The van der Waals surface area contributed by atoms with Crippen LogP contribution in [-0.2, 0) is 0 Å². The highest BCUT2D eigenvalue weighted by Crippen LogP contribution is 2.31. The van der Waals surface area contributed by atoms with E-state index < -0.39 is 0 Å². The van der Waals surface area contributed by atoms with Gasteiger partial charge < -0.3 is 0 Å². The van der Waals surface area contributed by atoms with Crippen LogP contribution in [-0.4, -0.2) is 10.7 Å². The van der Waals surface area contributed by atoms with E-state index in [9.17, 15) is 0 Å². The molecule has 1 aromatic rings. The molecule has 1 aromatic heterocycles. The topological polar surface area (TPSA) is 12.9 Å². The molecule has 0 aromatic carbocycles. The van der Waals surface area contributed by atoms with Gasteiger partial charge in [0.25, 0.3) is 0 Å². The average Bonchev–Trinajstić information content (AvgIpc) is 2.41. The molecule has 0 unspecified atom stereocenters. The Balaban J connectivity index is 2.21. The molecule has 0 aliphatic heterocycles. The van der Waals surface area contributed by atoms with Crippen molar-refractivity contribution >= 4 is 32.9 Å². The molecular formula is C6H7NS3. The summed E-state index contributed by atoms with van der Waals surface area (Å²) in [7, 11) is 3.46. The zero-order valence-electron chi connectivity index (χ0n) is 5.32. The Morgan fingerprint density at radius 2 is 2.70 bits per heavy atom. The summed E-state index contributed by atoms with van der Waals surface area (Å²) >= 11 is 1.67. The van der Waals surface area contributed by atoms with E-state index in [0.717, 1.165) is 10.1 Å². The van der Waals surface area contributed by atoms with Gasteiger partial charge in [-0.2, -0.15) is 0 Å². The SMILES string of the molecule is C=CCSSc1nccs1. The van der Waals surface area contributed by atoms with E-state index in [4.69, 9.17) is 0 Å². The van der Waals surface area contributed by atoms with Crippen molar-refractivity contribution in [3.8, 4) is 0 Å². The van der Waals surface area contributed by atoms with Gasteiger partial charge in [-0.3, -0.25) is 0 Å². The van der Waals surface area contributed by atoms with Crippen LogP contribution in [0.5, 0.6) is 0 Å². The number of aromatic nitrogens is 1. The van der Waals surface area contributed by atoms with Gasteiger partial charge in [-0.1, -0.05) is 16.9 Å². The van der Waals surface area contributed by atoms with Crippen molar-refractivity contribution in [1.29, 1.82) is 0 Å². The van der Waals surface area contributed by atoms with Gasteiger partial charge in [0.15, 0.2) is 4.34 Å². The number of hydrogen-bond acceptors (Lipinski definition) is 4. The summed E-state index contributed by atoms with van der Waals surface area (Å²) in [4.78, 5) is 4.11. The Bertz CT molecular complexity index is 183. The first kappa shape index (κ1) is 8.17. The second-order valence-corrected chi connectivity index (χ2v) is 4.94. The first-order valence-corrected chi connectivity index (χ1v) is 5.93. The van der Waals surface area contributed by atoms with E-state index in [2.05, 4.69) is 11.6 Å². The Morgan fingerprint density at radius 3 is 3.30 bits per heavy atom. The number of rotatable bonds is 4. The van der Waals surface area contributed by atoms with Crippen LogP contribution in [0.4, 0.5) is 0 Å². The minimum absolute atomic E-state index is 0.976. The van der Waals surface area contributed by atoms with Crippen molar-refractivity contribution in [1.82, 2.24) is 4.98 Å². The lowest BCUT2D eigenvalue weighted by Gasteiger charge is -1.89. The first-order chi connectivity index (χ1) is 4.93. The van der Waals surface area contributed by atoms with Crippen molar-refractivity contribution in [3.63, 3.8) is 0 Å². The van der Waals surface area contributed by atoms with Gasteiger partial charge in [-0.05, 0) is 10.8 Å². The van der Waals surface area contributed by atoms with Gasteiger partial charge in [0.05, 0.1) is 0 Å². The van der Waals surface area contributed by atoms with Crippen molar-refractivity contribution in [3.05, 3.63) is 24.2 Å². The van der Waals surface area contributed by atoms with Gasteiger partial charge in [0, 0.05) is 17.3 Å². The summed E-state index contributed by atoms with van der Waals surface area (Å²) in [5.74, 6) is 0.976. The molecule has 0 bridgehead atoms. The van der Waals surface area contributed by atoms with Crippen LogP contribution in [0.3, 0.4) is 0 Å². The number of nitrogens with zero attached hydrogens (tertiary/aromatic N) is 1. The van der Waals surface area contributed by atoms with E-state index in [1.54, 1.807) is 32.9 Å². The van der Waals surface area contributed by atoms with Gasteiger partial charge >= 0.3 is 0 Å². The van der Waals surface area contributed by atoms with Crippen LogP contribution in [0, 0.1) is 0 Å². The summed E-state index contributed by atoms with van der Waals surface area (Å²) in [5, 5.41) is 1.98. The van der Waals surface area contributed by atoms with E-state index >= 15 is 0 Å². The lowest BCUT2D eigenvalue weighted by molar-refractivity contribution is 1.26. The number of hydrogen-bond donors (Lipinski definition) is 0. The summed E-state index contributed by atoms with van der Waals surface area (Å²) in [6.45, 7) is 3.63. The third-order valence-electron chi connectivity index (χ3n) is 0.726. The molecule has 0 N–H and O–H groups in total. The fourth-order valence-corrected chi connectivity index (χ4v) is 3.15. The van der Waals surface area contributed by atoms with Crippen LogP contribution in [0.1, 0.15) is 0 Å². The van der Waals surface area contributed by atoms with Gasteiger partial charge in [0.2, 0.25) is 0 Å². The van der Waals surface area contributed by atoms with E-state index in [0.29, 0.717) is 0 Å². The molecular weight excluding hydrogens is 182 g/mol. The molecule has 0 aliphatic rings. The molecule has 1 nitrogen and oxygen atoms in total. The smallest absolute Gasteiger partial charge is 0.160 e. The molecule has 4 heteroatoms. The summed E-state index contributed by atoms with van der Waals surface area (Å²) in [5.41, 5.74) is 0. The Morgan fingerprint density at radius 1 is 1.80 bits per heavy atom. The molecule has 1 rings (SSSR count). The van der Waals surface area contributed by atoms with E-state index in [1.807, 2.05) is 17.7 Å². The highest BCUT2D eigenvalue weighted by molar-refractivity contribution is 8.77. The molecule has 1 heterocycles. The Kier molecular flexibility index (Phi) is 3.94. The van der Waals surface area contributed by atoms with Crippen molar-refractivity contribution in [2.45, 2.75) is 4.34 Å². The summed E-state index contributed by atoms with van der Waals surface area (Å²) < 4.78 is 1.12. The second kappa shape index (κ2) is 4.82. The zero-order chi connectivity index (χ0) is 7.23. The highest BCUT2D eigenvalue weighted by atomic mass is 33.1. The maximum absolute atomic E-state index is 4.11. The predicted molar refractivity (Wildman–Crippen MR) is 50.6 cm³/mol. The standard InChI is InChI=1S/C6H7NS3/c1-2-4-9-10-6-7-3-5-8-6/h2-3,5H,1,4H2. The maximum Gasteiger partial charge on any atom is 0.160 e. The molecule has 0 spiro atoms. The monoisotopic (exact) mass is 189 g/mol. The van der Waals surface area contributed by atoms with Crippen LogP contribution in [0.15, 0.2) is 28.6 Å². The zero-order valence-corrected chi connectivity index (χ0v) is 7.77. The third-order valence-corrected chi connectivity index (χ3v) is 4.12. The molecule has 0 amide bonds. The van der Waals surface area contributed by atoms with Crippen molar-refractivity contribution in [2.75, 3.05) is 5.75 Å².